The molecule has 0 aromatic carbocycles. The first-order chi connectivity index (χ1) is 7.16. The normalized spacial score (nSPS) is 15.1. The average Bonchev–Trinajstić information content (AvgIpc) is 2.10. The van der Waals surface area contributed by atoms with Gasteiger partial charge in [-0.3, -0.25) is 0 Å². The highest BCUT2D eigenvalue weighted by Gasteiger charge is 2.18. The summed E-state index contributed by atoms with van der Waals surface area (Å²) in [5.41, 5.74) is 5.43. The van der Waals surface area contributed by atoms with Crippen LogP contribution in [0.2, 0.25) is 0 Å². The van der Waals surface area contributed by atoms with Crippen LogP contribution in [0.25, 0.3) is 0 Å². The SMILES string of the molecule is CC(CCCN)NS(=O)(=O)CCC(C)(C)C. The molecule has 0 aromatic heterocycles. The van der Waals surface area contributed by atoms with Crippen molar-refractivity contribution in [2.75, 3.05) is 12.3 Å². The number of hydrogen-bond acceptors (Lipinski definition) is 3. The van der Waals surface area contributed by atoms with Crippen molar-refractivity contribution in [2.45, 2.75) is 53.0 Å². The summed E-state index contributed by atoms with van der Waals surface area (Å²) in [6.45, 7) is 8.61. The predicted octanol–water partition coefficient (Wildman–Crippen LogP) is 1.47. The van der Waals surface area contributed by atoms with Crippen molar-refractivity contribution in [3.8, 4) is 0 Å². The molecule has 0 bridgehead atoms. The Bertz CT molecular complexity index is 281. The van der Waals surface area contributed by atoms with Gasteiger partial charge in [-0.05, 0) is 38.1 Å². The van der Waals surface area contributed by atoms with E-state index in [4.69, 9.17) is 5.73 Å². The minimum absolute atomic E-state index is 0.0199. The Morgan fingerprint density at radius 3 is 2.31 bits per heavy atom. The number of nitrogens with two attached hydrogens (primary N) is 1. The Labute approximate surface area is 100 Å². The van der Waals surface area contributed by atoms with Crippen LogP contribution in [-0.2, 0) is 10.0 Å². The molecule has 0 aliphatic rings. The predicted molar refractivity (Wildman–Crippen MR) is 68.7 cm³/mol. The highest BCUT2D eigenvalue weighted by atomic mass is 32.2. The molecule has 0 rings (SSSR count). The third kappa shape index (κ3) is 9.12. The number of nitrogens with one attached hydrogen (secondary N) is 1. The second kappa shape index (κ2) is 6.57. The fraction of sp³-hybridized carbons (Fsp3) is 1.00. The molecule has 3 N–H and O–H groups in total. The van der Waals surface area contributed by atoms with E-state index in [9.17, 15) is 8.42 Å². The molecule has 0 aromatic rings. The maximum absolute atomic E-state index is 11.7. The van der Waals surface area contributed by atoms with E-state index in [2.05, 4.69) is 4.72 Å². The fourth-order valence-electron chi connectivity index (χ4n) is 1.29. The van der Waals surface area contributed by atoms with Crippen LogP contribution in [0.15, 0.2) is 0 Å². The molecule has 0 amide bonds. The molecule has 0 saturated heterocycles. The zero-order valence-corrected chi connectivity index (χ0v) is 11.7. The van der Waals surface area contributed by atoms with Gasteiger partial charge in [0.2, 0.25) is 10.0 Å². The summed E-state index contributed by atoms with van der Waals surface area (Å²) in [6, 6.07) is -0.0199. The smallest absolute Gasteiger partial charge is 0.211 e. The quantitative estimate of drug-likeness (QED) is 0.718. The van der Waals surface area contributed by atoms with Gasteiger partial charge >= 0.3 is 0 Å². The molecule has 0 spiro atoms. The highest BCUT2D eigenvalue weighted by Crippen LogP contribution is 2.19. The van der Waals surface area contributed by atoms with E-state index in [1.165, 1.54) is 0 Å². The van der Waals surface area contributed by atoms with Gasteiger partial charge in [-0.25, -0.2) is 13.1 Å². The second-order valence-corrected chi connectivity index (χ2v) is 7.45. The van der Waals surface area contributed by atoms with Crippen LogP contribution in [0, 0.1) is 5.41 Å². The van der Waals surface area contributed by atoms with Crippen molar-refractivity contribution < 1.29 is 8.42 Å². The molecular weight excluding hydrogens is 224 g/mol. The molecule has 0 fully saturated rings. The summed E-state index contributed by atoms with van der Waals surface area (Å²) >= 11 is 0. The van der Waals surface area contributed by atoms with Crippen molar-refractivity contribution in [1.29, 1.82) is 0 Å². The van der Waals surface area contributed by atoms with Crippen LogP contribution >= 0.6 is 0 Å². The molecule has 98 valence electrons. The number of hydrogen-bond donors (Lipinski definition) is 2. The molecule has 0 aliphatic heterocycles. The van der Waals surface area contributed by atoms with Crippen molar-refractivity contribution in [3.63, 3.8) is 0 Å². The fourth-order valence-corrected chi connectivity index (χ4v) is 3.02. The van der Waals surface area contributed by atoms with Gasteiger partial charge in [-0.1, -0.05) is 20.8 Å². The first-order valence-corrected chi connectivity index (χ1v) is 7.51. The van der Waals surface area contributed by atoms with Crippen LogP contribution in [0.1, 0.15) is 47.0 Å². The lowest BCUT2D eigenvalue weighted by atomic mass is 9.94. The minimum atomic E-state index is -3.14. The summed E-state index contributed by atoms with van der Waals surface area (Å²) in [5.74, 6) is 0.198. The van der Waals surface area contributed by atoms with Crippen LogP contribution in [0.5, 0.6) is 0 Å². The molecule has 0 heterocycles. The van der Waals surface area contributed by atoms with Crippen LogP contribution in [0.3, 0.4) is 0 Å². The van der Waals surface area contributed by atoms with Crippen molar-refractivity contribution in [1.82, 2.24) is 4.72 Å². The molecule has 1 atom stereocenters. The Hall–Kier alpha value is -0.130. The summed E-state index contributed by atoms with van der Waals surface area (Å²) in [5, 5.41) is 0. The minimum Gasteiger partial charge on any atom is -0.330 e. The molecule has 0 saturated carbocycles. The highest BCUT2D eigenvalue weighted by molar-refractivity contribution is 7.89. The zero-order chi connectivity index (χ0) is 12.8. The van der Waals surface area contributed by atoms with Gasteiger partial charge in [-0.15, -0.1) is 0 Å². The summed E-state index contributed by atoms with van der Waals surface area (Å²) in [6.07, 6.45) is 2.32. The van der Waals surface area contributed by atoms with Gasteiger partial charge in [0.15, 0.2) is 0 Å². The molecule has 0 aliphatic carbocycles. The van der Waals surface area contributed by atoms with Gasteiger partial charge < -0.3 is 5.73 Å². The lowest BCUT2D eigenvalue weighted by molar-refractivity contribution is 0.395. The molecule has 1 unspecified atom stereocenters. The summed E-state index contributed by atoms with van der Waals surface area (Å²) < 4.78 is 26.1. The Morgan fingerprint density at radius 2 is 1.88 bits per heavy atom. The Morgan fingerprint density at radius 1 is 1.31 bits per heavy atom. The van der Waals surface area contributed by atoms with E-state index < -0.39 is 10.0 Å². The number of sulfonamides is 1. The maximum Gasteiger partial charge on any atom is 0.211 e. The van der Waals surface area contributed by atoms with E-state index in [0.717, 1.165) is 12.8 Å². The van der Waals surface area contributed by atoms with Gasteiger partial charge in [0.05, 0.1) is 5.75 Å². The lowest BCUT2D eigenvalue weighted by Crippen LogP contribution is -2.35. The van der Waals surface area contributed by atoms with E-state index in [1.54, 1.807) is 0 Å². The average molecular weight is 250 g/mol. The van der Waals surface area contributed by atoms with Gasteiger partial charge in [-0.2, -0.15) is 0 Å². The van der Waals surface area contributed by atoms with E-state index in [0.29, 0.717) is 13.0 Å². The van der Waals surface area contributed by atoms with Crippen molar-refractivity contribution >= 4 is 10.0 Å². The maximum atomic E-state index is 11.7. The van der Waals surface area contributed by atoms with Crippen LogP contribution in [-0.4, -0.2) is 26.8 Å². The molecule has 4 nitrogen and oxygen atoms in total. The molecular formula is C11H26N2O2S. The largest absolute Gasteiger partial charge is 0.330 e. The Balaban J connectivity index is 4.05. The zero-order valence-electron chi connectivity index (χ0n) is 10.9. The third-order valence-electron chi connectivity index (χ3n) is 2.34. The monoisotopic (exact) mass is 250 g/mol. The topological polar surface area (TPSA) is 72.2 Å². The molecule has 5 heteroatoms. The van der Waals surface area contributed by atoms with Crippen molar-refractivity contribution in [3.05, 3.63) is 0 Å². The number of rotatable bonds is 7. The van der Waals surface area contributed by atoms with Gasteiger partial charge in [0, 0.05) is 6.04 Å². The second-order valence-electron chi connectivity index (χ2n) is 5.58. The third-order valence-corrected chi connectivity index (χ3v) is 3.85. The van der Waals surface area contributed by atoms with Crippen LogP contribution < -0.4 is 10.5 Å². The molecule has 0 radical (unpaired) electrons. The lowest BCUT2D eigenvalue weighted by Gasteiger charge is -2.19. The Kier molecular flexibility index (Phi) is 6.51. The van der Waals surface area contributed by atoms with Gasteiger partial charge in [0.25, 0.3) is 0 Å². The first-order valence-electron chi connectivity index (χ1n) is 5.86. The standard InChI is InChI=1S/C11H26N2O2S/c1-10(6-5-8-12)13-16(14,15)9-7-11(2,3)4/h10,13H,5-9,12H2,1-4H3. The van der Waals surface area contributed by atoms with E-state index in [1.807, 2.05) is 27.7 Å². The first kappa shape index (κ1) is 15.9. The van der Waals surface area contributed by atoms with Crippen molar-refractivity contribution in [2.24, 2.45) is 11.1 Å². The van der Waals surface area contributed by atoms with Gasteiger partial charge in [0.1, 0.15) is 0 Å². The molecule has 16 heavy (non-hydrogen) atoms. The van der Waals surface area contributed by atoms with E-state index >= 15 is 0 Å². The van der Waals surface area contributed by atoms with Crippen LogP contribution in [0.4, 0.5) is 0 Å². The van der Waals surface area contributed by atoms with E-state index in [-0.39, 0.29) is 17.2 Å². The summed E-state index contributed by atoms with van der Waals surface area (Å²) in [7, 11) is -3.14. The summed E-state index contributed by atoms with van der Waals surface area (Å²) in [4.78, 5) is 0.